The van der Waals surface area contributed by atoms with E-state index < -0.39 is 0 Å². The molecule has 0 amide bonds. The zero-order valence-electron chi connectivity index (χ0n) is 9.57. The lowest BCUT2D eigenvalue weighted by molar-refractivity contribution is -0.111. The first-order valence-electron chi connectivity index (χ1n) is 5.54. The average Bonchev–Trinajstić information content (AvgIpc) is 2.56. The molecule has 1 heterocycles. The highest BCUT2D eigenvalue weighted by Crippen LogP contribution is 2.23. The van der Waals surface area contributed by atoms with Crippen LogP contribution < -0.4 is 0 Å². The Hall–Kier alpha value is -0.410. The van der Waals surface area contributed by atoms with E-state index in [-0.39, 0.29) is 6.04 Å². The molecule has 3 nitrogen and oxygen atoms in total. The van der Waals surface area contributed by atoms with Crippen LogP contribution in [0, 0.1) is 0 Å². The lowest BCUT2D eigenvalue weighted by atomic mass is 10.1. The maximum atomic E-state index is 10.7. The van der Waals surface area contributed by atoms with Gasteiger partial charge in [-0.05, 0) is 46.4 Å². The van der Waals surface area contributed by atoms with Crippen molar-refractivity contribution in [2.75, 3.05) is 27.2 Å². The molecule has 1 saturated heterocycles. The van der Waals surface area contributed by atoms with Crippen LogP contribution in [0.5, 0.6) is 0 Å². The van der Waals surface area contributed by atoms with E-state index in [1.807, 2.05) is 0 Å². The van der Waals surface area contributed by atoms with Gasteiger partial charge in [-0.25, -0.2) is 0 Å². The molecule has 1 aliphatic rings. The Kier molecular flexibility index (Phi) is 4.55. The molecule has 3 heteroatoms. The molecule has 2 unspecified atom stereocenters. The standard InChI is InChI=1S/C11H22N2O/c1-4-12(2)8-7-10-5-6-11(9-14)13(10)3/h9-11H,4-8H2,1-3H3. The average molecular weight is 198 g/mol. The van der Waals surface area contributed by atoms with E-state index in [9.17, 15) is 4.79 Å². The van der Waals surface area contributed by atoms with Crippen LogP contribution in [0.4, 0.5) is 0 Å². The maximum absolute atomic E-state index is 10.7. The second-order valence-electron chi connectivity index (χ2n) is 4.28. The van der Waals surface area contributed by atoms with Crippen LogP contribution in [0.15, 0.2) is 0 Å². The summed E-state index contributed by atoms with van der Waals surface area (Å²) in [6, 6.07) is 0.783. The van der Waals surface area contributed by atoms with Crippen molar-refractivity contribution in [2.45, 2.75) is 38.3 Å². The zero-order valence-corrected chi connectivity index (χ0v) is 9.57. The molecular formula is C11H22N2O. The predicted octanol–water partition coefficient (Wildman–Crippen LogP) is 0.990. The monoisotopic (exact) mass is 198 g/mol. The third-order valence-electron chi connectivity index (χ3n) is 3.44. The molecule has 0 spiro atoms. The Labute approximate surface area is 87.1 Å². The molecule has 0 aromatic heterocycles. The van der Waals surface area contributed by atoms with E-state index in [1.54, 1.807) is 0 Å². The molecule has 82 valence electrons. The summed E-state index contributed by atoms with van der Waals surface area (Å²) in [7, 11) is 4.22. The SMILES string of the molecule is CCN(C)CCC1CCC(C=O)N1C. The summed E-state index contributed by atoms with van der Waals surface area (Å²) in [6.07, 6.45) is 4.49. The minimum absolute atomic E-state index is 0.173. The number of aldehydes is 1. The zero-order chi connectivity index (χ0) is 10.6. The summed E-state index contributed by atoms with van der Waals surface area (Å²) in [4.78, 5) is 15.3. The molecule has 1 aliphatic heterocycles. The van der Waals surface area contributed by atoms with Crippen LogP contribution in [0.1, 0.15) is 26.2 Å². The number of nitrogens with zero attached hydrogens (tertiary/aromatic N) is 2. The minimum Gasteiger partial charge on any atom is -0.307 e. The summed E-state index contributed by atoms with van der Waals surface area (Å²) in [5.74, 6) is 0. The van der Waals surface area contributed by atoms with E-state index in [1.165, 1.54) is 12.8 Å². The van der Waals surface area contributed by atoms with Crippen molar-refractivity contribution in [2.24, 2.45) is 0 Å². The first-order chi connectivity index (χ1) is 6.69. The first-order valence-corrected chi connectivity index (χ1v) is 5.54. The molecule has 1 rings (SSSR count). The summed E-state index contributed by atoms with van der Waals surface area (Å²) in [5, 5.41) is 0. The fraction of sp³-hybridized carbons (Fsp3) is 0.909. The van der Waals surface area contributed by atoms with E-state index in [0.717, 1.165) is 25.8 Å². The van der Waals surface area contributed by atoms with E-state index >= 15 is 0 Å². The van der Waals surface area contributed by atoms with Gasteiger partial charge in [0, 0.05) is 6.04 Å². The van der Waals surface area contributed by atoms with Gasteiger partial charge in [0.1, 0.15) is 6.29 Å². The van der Waals surface area contributed by atoms with Gasteiger partial charge >= 0.3 is 0 Å². The quantitative estimate of drug-likeness (QED) is 0.616. The molecule has 0 aromatic carbocycles. The van der Waals surface area contributed by atoms with Gasteiger partial charge in [0.15, 0.2) is 0 Å². The first kappa shape index (κ1) is 11.7. The van der Waals surface area contributed by atoms with Crippen molar-refractivity contribution in [3.63, 3.8) is 0 Å². The van der Waals surface area contributed by atoms with Gasteiger partial charge in [-0.15, -0.1) is 0 Å². The Morgan fingerprint density at radius 1 is 1.50 bits per heavy atom. The van der Waals surface area contributed by atoms with E-state index in [0.29, 0.717) is 6.04 Å². The molecular weight excluding hydrogens is 176 g/mol. The molecule has 1 fully saturated rings. The molecule has 0 bridgehead atoms. The van der Waals surface area contributed by atoms with E-state index in [4.69, 9.17) is 0 Å². The number of hydrogen-bond donors (Lipinski definition) is 0. The lowest BCUT2D eigenvalue weighted by Gasteiger charge is -2.24. The molecule has 0 aromatic rings. The lowest BCUT2D eigenvalue weighted by Crippen LogP contribution is -2.35. The molecule has 2 atom stereocenters. The second kappa shape index (κ2) is 5.47. The molecule has 0 aliphatic carbocycles. The highest BCUT2D eigenvalue weighted by atomic mass is 16.1. The van der Waals surface area contributed by atoms with Crippen molar-refractivity contribution in [1.82, 2.24) is 9.80 Å². The number of rotatable bonds is 5. The molecule has 0 saturated carbocycles. The summed E-state index contributed by atoms with van der Waals surface area (Å²) in [6.45, 7) is 4.41. The maximum Gasteiger partial charge on any atom is 0.137 e. The second-order valence-corrected chi connectivity index (χ2v) is 4.28. The van der Waals surface area contributed by atoms with Crippen molar-refractivity contribution in [3.05, 3.63) is 0 Å². The van der Waals surface area contributed by atoms with Crippen LogP contribution in [0.25, 0.3) is 0 Å². The predicted molar refractivity (Wildman–Crippen MR) is 58.4 cm³/mol. The third kappa shape index (κ3) is 2.79. The van der Waals surface area contributed by atoms with Gasteiger partial charge < -0.3 is 9.69 Å². The smallest absolute Gasteiger partial charge is 0.137 e. The topological polar surface area (TPSA) is 23.6 Å². The van der Waals surface area contributed by atoms with Crippen LogP contribution in [-0.4, -0.2) is 55.4 Å². The number of likely N-dealkylation sites (tertiary alicyclic amines) is 1. The van der Waals surface area contributed by atoms with Crippen molar-refractivity contribution in [1.29, 1.82) is 0 Å². The van der Waals surface area contributed by atoms with E-state index in [2.05, 4.69) is 30.8 Å². The Balaban J connectivity index is 2.29. The molecule has 0 N–H and O–H groups in total. The Morgan fingerprint density at radius 2 is 2.21 bits per heavy atom. The summed E-state index contributed by atoms with van der Waals surface area (Å²) >= 11 is 0. The van der Waals surface area contributed by atoms with Gasteiger partial charge in [-0.3, -0.25) is 4.90 Å². The normalized spacial score (nSPS) is 28.6. The highest BCUT2D eigenvalue weighted by molar-refractivity contribution is 5.58. The van der Waals surface area contributed by atoms with Crippen LogP contribution in [0.2, 0.25) is 0 Å². The van der Waals surface area contributed by atoms with Gasteiger partial charge in [-0.1, -0.05) is 6.92 Å². The van der Waals surface area contributed by atoms with Gasteiger partial charge in [-0.2, -0.15) is 0 Å². The highest BCUT2D eigenvalue weighted by Gasteiger charge is 2.29. The number of carbonyl (C=O) groups is 1. The van der Waals surface area contributed by atoms with Gasteiger partial charge in [0.2, 0.25) is 0 Å². The molecule has 0 radical (unpaired) electrons. The Morgan fingerprint density at radius 3 is 2.71 bits per heavy atom. The Bertz CT molecular complexity index is 184. The summed E-state index contributed by atoms with van der Waals surface area (Å²) in [5.41, 5.74) is 0. The largest absolute Gasteiger partial charge is 0.307 e. The van der Waals surface area contributed by atoms with Gasteiger partial charge in [0.05, 0.1) is 6.04 Å². The van der Waals surface area contributed by atoms with Crippen LogP contribution in [-0.2, 0) is 4.79 Å². The molecule has 14 heavy (non-hydrogen) atoms. The third-order valence-corrected chi connectivity index (χ3v) is 3.44. The van der Waals surface area contributed by atoms with Crippen molar-refractivity contribution in [3.8, 4) is 0 Å². The van der Waals surface area contributed by atoms with Crippen LogP contribution in [0.3, 0.4) is 0 Å². The van der Waals surface area contributed by atoms with Crippen molar-refractivity contribution >= 4 is 6.29 Å². The fourth-order valence-electron chi connectivity index (χ4n) is 2.08. The van der Waals surface area contributed by atoms with Crippen molar-refractivity contribution < 1.29 is 4.79 Å². The number of hydrogen-bond acceptors (Lipinski definition) is 3. The van der Waals surface area contributed by atoms with Crippen LogP contribution >= 0.6 is 0 Å². The minimum atomic E-state index is 0.173. The number of likely N-dealkylation sites (N-methyl/N-ethyl adjacent to an activating group) is 1. The van der Waals surface area contributed by atoms with Gasteiger partial charge in [0.25, 0.3) is 0 Å². The summed E-state index contributed by atoms with van der Waals surface area (Å²) < 4.78 is 0. The fourth-order valence-corrected chi connectivity index (χ4v) is 2.08. The number of carbonyl (C=O) groups excluding carboxylic acids is 1.